The van der Waals surface area contributed by atoms with E-state index in [1.54, 1.807) is 29.3 Å². The molecule has 4 nitrogen and oxygen atoms in total. The van der Waals surface area contributed by atoms with E-state index in [0.717, 1.165) is 43.3 Å². The number of piperidine rings is 1. The van der Waals surface area contributed by atoms with Crippen molar-refractivity contribution >= 4 is 43.1 Å². The van der Waals surface area contributed by atoms with Crippen molar-refractivity contribution in [1.29, 1.82) is 0 Å². The van der Waals surface area contributed by atoms with E-state index in [4.69, 9.17) is 0 Å². The molecule has 1 fully saturated rings. The highest BCUT2D eigenvalue weighted by atomic mass is 32.1. The van der Waals surface area contributed by atoms with E-state index in [2.05, 4.69) is 21.5 Å². The zero-order valence-electron chi connectivity index (χ0n) is 14.0. The Morgan fingerprint density at radius 1 is 1.27 bits per heavy atom. The van der Waals surface area contributed by atoms with Crippen LogP contribution in [0.15, 0.2) is 24.4 Å². The molecule has 1 aliphatic heterocycles. The zero-order chi connectivity index (χ0) is 17.8. The number of thiazole rings is 1. The lowest BCUT2D eigenvalue weighted by molar-refractivity contribution is 0.233. The molecule has 134 valence electrons. The molecular weight excluding hydrogens is 374 g/mol. The molecule has 0 amide bonds. The second kappa shape index (κ2) is 6.07. The van der Waals surface area contributed by atoms with Gasteiger partial charge in [-0.05, 0) is 31.2 Å². The Bertz CT molecular complexity index is 1080. The lowest BCUT2D eigenvalue weighted by Crippen LogP contribution is -2.36. The number of nitrogens with zero attached hydrogens (tertiary/aromatic N) is 3. The molecule has 1 N–H and O–H groups in total. The van der Waals surface area contributed by atoms with E-state index in [1.165, 1.54) is 17.4 Å². The van der Waals surface area contributed by atoms with Gasteiger partial charge in [0.1, 0.15) is 21.5 Å². The Morgan fingerprint density at radius 3 is 2.96 bits per heavy atom. The van der Waals surface area contributed by atoms with Crippen molar-refractivity contribution < 1.29 is 8.78 Å². The first-order chi connectivity index (χ1) is 12.6. The van der Waals surface area contributed by atoms with Crippen molar-refractivity contribution in [2.24, 2.45) is 7.05 Å². The van der Waals surface area contributed by atoms with Crippen molar-refractivity contribution in [3.05, 3.63) is 35.1 Å². The summed E-state index contributed by atoms with van der Waals surface area (Å²) in [7, 11) is 1.78. The van der Waals surface area contributed by atoms with Crippen molar-refractivity contribution in [1.82, 2.24) is 20.1 Å². The first-order valence-corrected chi connectivity index (χ1v) is 10.1. The van der Waals surface area contributed by atoms with Crippen LogP contribution >= 0.6 is 22.7 Å². The van der Waals surface area contributed by atoms with E-state index in [9.17, 15) is 8.78 Å². The fourth-order valence-electron chi connectivity index (χ4n) is 3.54. The molecule has 0 aliphatic carbocycles. The number of rotatable bonds is 2. The van der Waals surface area contributed by atoms with Crippen LogP contribution in [-0.2, 0) is 7.05 Å². The maximum atomic E-state index is 14.3. The van der Waals surface area contributed by atoms with Gasteiger partial charge in [-0.2, -0.15) is 5.10 Å². The number of benzene rings is 1. The summed E-state index contributed by atoms with van der Waals surface area (Å²) in [6.45, 7) is 1.26. The van der Waals surface area contributed by atoms with Crippen LogP contribution in [0, 0.1) is 5.82 Å². The van der Waals surface area contributed by atoms with Crippen LogP contribution in [0.3, 0.4) is 0 Å². The van der Waals surface area contributed by atoms with Crippen LogP contribution in [0.25, 0.3) is 31.0 Å². The lowest BCUT2D eigenvalue weighted by atomic mass is 9.95. The Labute approximate surface area is 156 Å². The number of hydrogen-bond acceptors (Lipinski definition) is 5. The van der Waals surface area contributed by atoms with Gasteiger partial charge in [-0.3, -0.25) is 4.68 Å². The molecule has 3 aromatic heterocycles. The van der Waals surface area contributed by atoms with Gasteiger partial charge in [-0.15, -0.1) is 22.7 Å². The summed E-state index contributed by atoms with van der Waals surface area (Å²) in [5.74, 6) is -0.386. The van der Waals surface area contributed by atoms with E-state index in [-0.39, 0.29) is 11.7 Å². The predicted octanol–water partition coefficient (Wildman–Crippen LogP) is 4.47. The van der Waals surface area contributed by atoms with Gasteiger partial charge in [0.25, 0.3) is 0 Å². The topological polar surface area (TPSA) is 42.7 Å². The highest BCUT2D eigenvalue weighted by Gasteiger charge is 2.28. The van der Waals surface area contributed by atoms with Gasteiger partial charge in [0.2, 0.25) is 0 Å². The normalized spacial score (nSPS) is 21.0. The fraction of sp³-hybridized carbons (Fsp3) is 0.333. The molecule has 0 bridgehead atoms. The van der Waals surface area contributed by atoms with E-state index >= 15 is 0 Å². The van der Waals surface area contributed by atoms with Gasteiger partial charge in [0, 0.05) is 41.5 Å². The standard InChI is InChI=1S/C18H16F2N4S2/c1-24-8-10-4-9(5-12(19)16(10)23-24)17-22-18-15(26-17)6-14(25-18)11-2-3-21-7-13(11)20/h4-6,8,11,13,21H,2-3,7H2,1H3/t11?,13-/m0/s1. The van der Waals surface area contributed by atoms with E-state index in [1.807, 2.05) is 6.07 Å². The molecule has 1 unspecified atom stereocenters. The first kappa shape index (κ1) is 16.3. The third kappa shape index (κ3) is 2.64. The molecule has 26 heavy (non-hydrogen) atoms. The summed E-state index contributed by atoms with van der Waals surface area (Å²) in [5, 5.41) is 8.77. The molecule has 1 saturated heterocycles. The van der Waals surface area contributed by atoms with Crippen LogP contribution < -0.4 is 5.32 Å². The molecule has 1 aromatic carbocycles. The van der Waals surface area contributed by atoms with Crippen molar-refractivity contribution in [3.8, 4) is 10.6 Å². The smallest absolute Gasteiger partial charge is 0.152 e. The fourth-order valence-corrected chi connectivity index (χ4v) is 5.93. The average molecular weight is 390 g/mol. The van der Waals surface area contributed by atoms with Crippen LogP contribution in [0.5, 0.6) is 0 Å². The average Bonchev–Trinajstić information content (AvgIpc) is 3.27. The van der Waals surface area contributed by atoms with Crippen LogP contribution in [-0.4, -0.2) is 34.0 Å². The first-order valence-electron chi connectivity index (χ1n) is 8.47. The highest BCUT2D eigenvalue weighted by molar-refractivity contribution is 7.28. The molecule has 4 heterocycles. The minimum Gasteiger partial charge on any atom is -0.314 e. The number of alkyl halides is 1. The number of halogens is 2. The summed E-state index contributed by atoms with van der Waals surface area (Å²) in [6.07, 6.45) is 1.76. The monoisotopic (exact) mass is 390 g/mol. The van der Waals surface area contributed by atoms with Crippen molar-refractivity contribution in [2.45, 2.75) is 18.5 Å². The molecule has 2 atom stereocenters. The number of aryl methyl sites for hydroxylation is 1. The second-order valence-electron chi connectivity index (χ2n) is 6.65. The molecule has 0 radical (unpaired) electrons. The minimum atomic E-state index is -0.849. The minimum absolute atomic E-state index is 0.0460. The van der Waals surface area contributed by atoms with Crippen LogP contribution in [0.4, 0.5) is 8.78 Å². The quantitative estimate of drug-likeness (QED) is 0.549. The van der Waals surface area contributed by atoms with Gasteiger partial charge in [-0.25, -0.2) is 13.8 Å². The van der Waals surface area contributed by atoms with Gasteiger partial charge in [0.15, 0.2) is 5.82 Å². The maximum Gasteiger partial charge on any atom is 0.152 e. The van der Waals surface area contributed by atoms with Gasteiger partial charge in [0.05, 0.1) is 4.70 Å². The van der Waals surface area contributed by atoms with Gasteiger partial charge in [-0.1, -0.05) is 0 Å². The Hall–Kier alpha value is -1.90. The number of fused-ring (bicyclic) bond motifs is 2. The Kier molecular flexibility index (Phi) is 3.80. The third-order valence-electron chi connectivity index (χ3n) is 4.81. The molecular formula is C18H16F2N4S2. The summed E-state index contributed by atoms with van der Waals surface area (Å²) >= 11 is 3.08. The Morgan fingerprint density at radius 2 is 2.15 bits per heavy atom. The Balaban J connectivity index is 1.53. The summed E-state index contributed by atoms with van der Waals surface area (Å²) in [6, 6.07) is 5.46. The SMILES string of the molecule is Cn1cc2cc(-c3nc4sc(C5CCNC[C@@H]5F)cc4s3)cc(F)c2n1. The number of nitrogens with one attached hydrogen (secondary N) is 1. The summed E-state index contributed by atoms with van der Waals surface area (Å²) in [4.78, 5) is 6.65. The van der Waals surface area contributed by atoms with E-state index < -0.39 is 6.17 Å². The summed E-state index contributed by atoms with van der Waals surface area (Å²) in [5.41, 5.74) is 1.12. The van der Waals surface area contributed by atoms with Crippen molar-refractivity contribution in [2.75, 3.05) is 13.1 Å². The molecule has 0 saturated carbocycles. The number of thiophene rings is 1. The third-order valence-corrected chi connectivity index (χ3v) is 7.15. The lowest BCUT2D eigenvalue weighted by Gasteiger charge is -2.25. The molecule has 8 heteroatoms. The largest absolute Gasteiger partial charge is 0.314 e. The van der Waals surface area contributed by atoms with Gasteiger partial charge >= 0.3 is 0 Å². The predicted molar refractivity (Wildman–Crippen MR) is 102 cm³/mol. The number of hydrogen-bond donors (Lipinski definition) is 1. The second-order valence-corrected chi connectivity index (χ2v) is 8.74. The molecule has 5 rings (SSSR count). The molecule has 4 aromatic rings. The molecule has 0 spiro atoms. The highest BCUT2D eigenvalue weighted by Crippen LogP contribution is 2.41. The number of aromatic nitrogens is 3. The van der Waals surface area contributed by atoms with Crippen molar-refractivity contribution in [3.63, 3.8) is 0 Å². The van der Waals surface area contributed by atoms with Gasteiger partial charge < -0.3 is 5.32 Å². The zero-order valence-corrected chi connectivity index (χ0v) is 15.6. The van der Waals surface area contributed by atoms with Crippen LogP contribution in [0.1, 0.15) is 17.2 Å². The summed E-state index contributed by atoms with van der Waals surface area (Å²) < 4.78 is 31.2. The van der Waals surface area contributed by atoms with Crippen LogP contribution in [0.2, 0.25) is 0 Å². The maximum absolute atomic E-state index is 14.3. The van der Waals surface area contributed by atoms with E-state index in [0.29, 0.717) is 12.1 Å². The molecule has 1 aliphatic rings.